The van der Waals surface area contributed by atoms with Gasteiger partial charge in [0.2, 0.25) is 0 Å². The zero-order chi connectivity index (χ0) is 19.3. The molecule has 27 heavy (non-hydrogen) atoms. The maximum absolute atomic E-state index is 12.2. The van der Waals surface area contributed by atoms with Gasteiger partial charge >= 0.3 is 5.97 Å². The van der Waals surface area contributed by atoms with Crippen molar-refractivity contribution >= 4 is 15.8 Å². The van der Waals surface area contributed by atoms with Crippen LogP contribution in [0, 0.1) is 0 Å². The molecule has 1 heterocycles. The van der Waals surface area contributed by atoms with E-state index in [0.717, 1.165) is 11.1 Å². The number of hydrogen-bond donors (Lipinski definition) is 0. The Kier molecular flexibility index (Phi) is 5.96. The molecule has 1 aliphatic heterocycles. The summed E-state index contributed by atoms with van der Waals surface area (Å²) in [6.45, 7) is 0.282. The summed E-state index contributed by atoms with van der Waals surface area (Å²) in [7, 11) is -1.83. The molecule has 6 heteroatoms. The van der Waals surface area contributed by atoms with Gasteiger partial charge in [-0.05, 0) is 54.7 Å². The molecule has 5 nitrogen and oxygen atoms in total. The topological polar surface area (TPSA) is 69.7 Å². The molecule has 142 valence electrons. The first-order chi connectivity index (χ1) is 13.0. The summed E-state index contributed by atoms with van der Waals surface area (Å²) in [5.74, 6) is 0.127. The van der Waals surface area contributed by atoms with Crippen LogP contribution in [0.15, 0.2) is 64.9 Å². The van der Waals surface area contributed by atoms with E-state index < -0.39 is 9.84 Å². The van der Waals surface area contributed by atoms with Crippen LogP contribution in [0.3, 0.4) is 0 Å². The average molecular weight is 386 g/mol. The summed E-state index contributed by atoms with van der Waals surface area (Å²) in [6, 6.07) is 14.0. The van der Waals surface area contributed by atoms with E-state index in [1.807, 2.05) is 18.2 Å². The molecule has 1 unspecified atom stereocenters. The fraction of sp³-hybridized carbons (Fsp3) is 0.286. The predicted octanol–water partition coefficient (Wildman–Crippen LogP) is 3.99. The molecule has 0 amide bonds. The summed E-state index contributed by atoms with van der Waals surface area (Å²) < 4.78 is 34.9. The van der Waals surface area contributed by atoms with E-state index in [2.05, 4.69) is 0 Å². The minimum Gasteiger partial charge on any atom is -0.497 e. The Bertz CT molecular complexity index is 932. The highest BCUT2D eigenvalue weighted by molar-refractivity contribution is 7.94. The number of cyclic esters (lactones) is 1. The third-order valence-electron chi connectivity index (χ3n) is 4.59. The molecular weight excluding hydrogens is 364 g/mol. The Hall–Kier alpha value is -2.60. The van der Waals surface area contributed by atoms with Crippen LogP contribution in [-0.2, 0) is 26.0 Å². The second kappa shape index (κ2) is 8.39. The second-order valence-corrected chi connectivity index (χ2v) is 8.22. The van der Waals surface area contributed by atoms with Crippen molar-refractivity contribution < 1.29 is 22.7 Å². The number of unbranched alkanes of at least 4 members (excludes halogenated alkanes) is 1. The Balaban J connectivity index is 1.62. The van der Waals surface area contributed by atoms with E-state index in [9.17, 15) is 13.2 Å². The summed E-state index contributed by atoms with van der Waals surface area (Å²) in [5, 5.41) is 1.23. The number of ether oxygens (including phenoxy) is 2. The fourth-order valence-corrected chi connectivity index (χ4v) is 4.21. The number of sulfone groups is 1. The van der Waals surface area contributed by atoms with Gasteiger partial charge in [-0.1, -0.05) is 30.3 Å². The molecule has 0 fully saturated rings. The lowest BCUT2D eigenvalue weighted by molar-refractivity contribution is -0.148. The molecule has 1 aliphatic rings. The van der Waals surface area contributed by atoms with E-state index in [0.29, 0.717) is 25.0 Å². The van der Waals surface area contributed by atoms with Crippen molar-refractivity contribution in [3.05, 3.63) is 71.1 Å². The summed E-state index contributed by atoms with van der Waals surface area (Å²) in [6.07, 6.45) is 3.48. The second-order valence-electron chi connectivity index (χ2n) is 6.39. The first-order valence-corrected chi connectivity index (χ1v) is 10.4. The molecule has 0 aliphatic carbocycles. The number of methoxy groups -OCH3 is 1. The maximum atomic E-state index is 12.2. The maximum Gasteiger partial charge on any atom is 0.313 e. The van der Waals surface area contributed by atoms with Gasteiger partial charge in [0, 0.05) is 5.41 Å². The van der Waals surface area contributed by atoms with Crippen LogP contribution >= 0.6 is 0 Å². The molecule has 0 radical (unpaired) electrons. The lowest BCUT2D eigenvalue weighted by atomic mass is 9.88. The smallest absolute Gasteiger partial charge is 0.313 e. The van der Waals surface area contributed by atoms with Gasteiger partial charge in [-0.25, -0.2) is 8.42 Å². The predicted molar refractivity (Wildman–Crippen MR) is 102 cm³/mol. The number of benzene rings is 2. The lowest BCUT2D eigenvalue weighted by Gasteiger charge is -2.25. The van der Waals surface area contributed by atoms with Crippen LogP contribution in [-0.4, -0.2) is 21.5 Å². The molecule has 3 rings (SSSR count). The van der Waals surface area contributed by atoms with Crippen LogP contribution in [0.25, 0.3) is 0 Å². The lowest BCUT2D eigenvalue weighted by Crippen LogP contribution is -2.23. The molecular formula is C21H22O5S. The standard InChI is InChI=1S/C21H22O5S/c1-25-17-12-11-16-15-26-21(22)19(20(16)14-17)10-6-3-7-13-27(23,24)18-8-4-2-5-9-18/h2,4-5,7-9,11-14,19H,3,6,10,15H2,1H3/b13-7+. The quantitative estimate of drug-likeness (QED) is 0.531. The van der Waals surface area contributed by atoms with E-state index in [4.69, 9.17) is 9.47 Å². The van der Waals surface area contributed by atoms with Gasteiger partial charge in [-0.2, -0.15) is 0 Å². The fourth-order valence-electron chi connectivity index (χ4n) is 3.13. The van der Waals surface area contributed by atoms with Crippen LogP contribution in [0.1, 0.15) is 36.3 Å². The minimum atomic E-state index is -3.42. The van der Waals surface area contributed by atoms with Gasteiger partial charge in [0.15, 0.2) is 9.84 Å². The SMILES string of the molecule is COc1ccc2c(c1)C(CCC/C=C/S(=O)(=O)c1ccccc1)C(=O)OC2. The van der Waals surface area contributed by atoms with Crippen molar-refractivity contribution in [3.63, 3.8) is 0 Å². The molecule has 0 N–H and O–H groups in total. The summed E-state index contributed by atoms with van der Waals surface area (Å²) in [4.78, 5) is 12.5. The van der Waals surface area contributed by atoms with Crippen LogP contribution in [0.2, 0.25) is 0 Å². The number of allylic oxidation sites excluding steroid dienone is 1. The molecule has 1 atom stereocenters. The normalized spacial score (nSPS) is 16.8. The number of carbonyl (C=O) groups excluding carboxylic acids is 1. The summed E-state index contributed by atoms with van der Waals surface area (Å²) >= 11 is 0. The average Bonchev–Trinajstić information content (AvgIpc) is 2.69. The largest absolute Gasteiger partial charge is 0.497 e. The van der Waals surface area contributed by atoms with E-state index >= 15 is 0 Å². The molecule has 0 spiro atoms. The van der Waals surface area contributed by atoms with Crippen molar-refractivity contribution in [2.24, 2.45) is 0 Å². The number of rotatable bonds is 7. The highest BCUT2D eigenvalue weighted by Gasteiger charge is 2.29. The van der Waals surface area contributed by atoms with Gasteiger partial charge in [0.25, 0.3) is 0 Å². The van der Waals surface area contributed by atoms with Gasteiger partial charge in [-0.3, -0.25) is 4.79 Å². The Morgan fingerprint density at radius 1 is 1.19 bits per heavy atom. The molecule has 2 aromatic rings. The van der Waals surface area contributed by atoms with E-state index in [-0.39, 0.29) is 23.4 Å². The van der Waals surface area contributed by atoms with Crippen molar-refractivity contribution in [1.29, 1.82) is 0 Å². The molecule has 0 saturated carbocycles. The number of hydrogen-bond acceptors (Lipinski definition) is 5. The Morgan fingerprint density at radius 2 is 1.96 bits per heavy atom. The van der Waals surface area contributed by atoms with Crippen molar-refractivity contribution in [2.45, 2.75) is 36.7 Å². The molecule has 0 bridgehead atoms. The van der Waals surface area contributed by atoms with Gasteiger partial charge in [-0.15, -0.1) is 0 Å². The Morgan fingerprint density at radius 3 is 2.70 bits per heavy atom. The number of fused-ring (bicyclic) bond motifs is 1. The van der Waals surface area contributed by atoms with Crippen LogP contribution in [0.5, 0.6) is 5.75 Å². The van der Waals surface area contributed by atoms with Crippen LogP contribution < -0.4 is 4.74 Å². The highest BCUT2D eigenvalue weighted by atomic mass is 32.2. The van der Waals surface area contributed by atoms with Gasteiger partial charge < -0.3 is 9.47 Å². The molecule has 0 aromatic heterocycles. The van der Waals surface area contributed by atoms with Crippen LogP contribution in [0.4, 0.5) is 0 Å². The van der Waals surface area contributed by atoms with Gasteiger partial charge in [0.1, 0.15) is 12.4 Å². The Labute approximate surface area is 159 Å². The van der Waals surface area contributed by atoms with Crippen molar-refractivity contribution in [2.75, 3.05) is 7.11 Å². The minimum absolute atomic E-state index is 0.239. The highest BCUT2D eigenvalue weighted by Crippen LogP contribution is 2.34. The van der Waals surface area contributed by atoms with Crippen molar-refractivity contribution in [1.82, 2.24) is 0 Å². The zero-order valence-corrected chi connectivity index (χ0v) is 15.9. The third kappa shape index (κ3) is 4.57. The van der Waals surface area contributed by atoms with Crippen molar-refractivity contribution in [3.8, 4) is 5.75 Å². The van der Waals surface area contributed by atoms with Gasteiger partial charge in [0.05, 0.1) is 17.9 Å². The van der Waals surface area contributed by atoms with E-state index in [1.165, 1.54) is 5.41 Å². The molecule has 2 aromatic carbocycles. The zero-order valence-electron chi connectivity index (χ0n) is 15.1. The molecule has 0 saturated heterocycles. The first-order valence-electron chi connectivity index (χ1n) is 8.81. The first kappa shape index (κ1) is 19.2. The van der Waals surface area contributed by atoms with E-state index in [1.54, 1.807) is 43.5 Å². The summed E-state index contributed by atoms with van der Waals surface area (Å²) in [5.41, 5.74) is 1.93. The third-order valence-corrected chi connectivity index (χ3v) is 6.07. The monoisotopic (exact) mass is 386 g/mol. The number of carbonyl (C=O) groups is 1. The number of esters is 1.